The average molecular weight is 282 g/mol. The quantitative estimate of drug-likeness (QED) is 0.848. The molecule has 1 N–H and O–H groups in total. The molecule has 0 atom stereocenters. The normalized spacial score (nSPS) is 9.90. The summed E-state index contributed by atoms with van der Waals surface area (Å²) >= 11 is 0. The van der Waals surface area contributed by atoms with Gasteiger partial charge >= 0.3 is 0 Å². The zero-order valence-electron chi connectivity index (χ0n) is 12.0. The van der Waals surface area contributed by atoms with Crippen LogP contribution in [0.5, 0.6) is 11.5 Å². The monoisotopic (exact) mass is 282 g/mol. The lowest BCUT2D eigenvalue weighted by molar-refractivity contribution is 0.367. The van der Waals surface area contributed by atoms with E-state index in [1.807, 2.05) is 54.6 Å². The zero-order valence-corrected chi connectivity index (χ0v) is 12.0. The van der Waals surface area contributed by atoms with Gasteiger partial charge in [0.15, 0.2) is 6.61 Å². The molecule has 0 unspecified atom stereocenters. The predicted molar refractivity (Wildman–Crippen MR) is 81.1 cm³/mol. The van der Waals surface area contributed by atoms with Crippen LogP contribution in [-0.2, 0) is 13.1 Å². The van der Waals surface area contributed by atoms with Gasteiger partial charge in [0.2, 0.25) is 0 Å². The highest BCUT2D eigenvalue weighted by Gasteiger charge is 1.98. The standard InChI is InChI=1S/C17H18N2O2/c1-20-16-7-5-14(6-8-16)12-19-13-15-3-2-4-17(11-15)21-10-9-18/h2-8,11,19H,10,12-13H2,1H3. The molecule has 0 saturated carbocycles. The second kappa shape index (κ2) is 7.93. The molecule has 0 bridgehead atoms. The molecule has 0 radical (unpaired) electrons. The van der Waals surface area contributed by atoms with Gasteiger partial charge in [-0.2, -0.15) is 5.26 Å². The Balaban J connectivity index is 1.83. The fourth-order valence-corrected chi connectivity index (χ4v) is 1.96. The van der Waals surface area contributed by atoms with E-state index in [4.69, 9.17) is 14.7 Å². The number of nitriles is 1. The Labute approximate surface area is 124 Å². The van der Waals surface area contributed by atoms with Gasteiger partial charge in [0.25, 0.3) is 0 Å². The fourth-order valence-electron chi connectivity index (χ4n) is 1.96. The van der Waals surface area contributed by atoms with Crippen LogP contribution in [-0.4, -0.2) is 13.7 Å². The Morgan fingerprint density at radius 2 is 1.76 bits per heavy atom. The van der Waals surface area contributed by atoms with E-state index in [0.717, 1.165) is 30.2 Å². The Morgan fingerprint density at radius 3 is 2.48 bits per heavy atom. The number of nitrogens with zero attached hydrogens (tertiary/aromatic N) is 1. The van der Waals surface area contributed by atoms with Gasteiger partial charge in [-0.1, -0.05) is 24.3 Å². The Morgan fingerprint density at radius 1 is 1.00 bits per heavy atom. The first-order chi connectivity index (χ1) is 10.3. The topological polar surface area (TPSA) is 54.3 Å². The zero-order chi connectivity index (χ0) is 14.9. The number of ether oxygens (including phenoxy) is 2. The third-order valence-corrected chi connectivity index (χ3v) is 3.02. The predicted octanol–water partition coefficient (Wildman–Crippen LogP) is 2.89. The van der Waals surface area contributed by atoms with Crippen LogP contribution in [0.15, 0.2) is 48.5 Å². The van der Waals surface area contributed by atoms with E-state index < -0.39 is 0 Å². The molecular formula is C17H18N2O2. The van der Waals surface area contributed by atoms with E-state index in [0.29, 0.717) is 0 Å². The van der Waals surface area contributed by atoms with Crippen molar-refractivity contribution in [3.63, 3.8) is 0 Å². The molecule has 0 amide bonds. The van der Waals surface area contributed by atoms with Gasteiger partial charge in [-0.25, -0.2) is 0 Å². The van der Waals surface area contributed by atoms with Gasteiger partial charge in [0.1, 0.15) is 17.6 Å². The minimum Gasteiger partial charge on any atom is -0.497 e. The molecule has 2 rings (SSSR count). The molecule has 4 nitrogen and oxygen atoms in total. The fraction of sp³-hybridized carbons (Fsp3) is 0.235. The van der Waals surface area contributed by atoms with Crippen molar-refractivity contribution in [1.82, 2.24) is 5.32 Å². The second-order valence-electron chi connectivity index (χ2n) is 4.55. The van der Waals surface area contributed by atoms with Gasteiger partial charge in [0.05, 0.1) is 7.11 Å². The van der Waals surface area contributed by atoms with Crippen molar-refractivity contribution in [2.24, 2.45) is 0 Å². The van der Waals surface area contributed by atoms with Gasteiger partial charge in [-0.05, 0) is 35.4 Å². The summed E-state index contributed by atoms with van der Waals surface area (Å²) in [6.07, 6.45) is 0. The summed E-state index contributed by atoms with van der Waals surface area (Å²) in [5.41, 5.74) is 2.33. The maximum Gasteiger partial charge on any atom is 0.174 e. The van der Waals surface area contributed by atoms with Crippen molar-refractivity contribution in [2.45, 2.75) is 13.1 Å². The van der Waals surface area contributed by atoms with Crippen molar-refractivity contribution >= 4 is 0 Å². The van der Waals surface area contributed by atoms with Crippen LogP contribution in [0.2, 0.25) is 0 Å². The van der Waals surface area contributed by atoms with Crippen molar-refractivity contribution in [3.05, 3.63) is 59.7 Å². The van der Waals surface area contributed by atoms with E-state index in [2.05, 4.69) is 5.32 Å². The summed E-state index contributed by atoms with van der Waals surface area (Å²) in [6, 6.07) is 17.7. The highest BCUT2D eigenvalue weighted by Crippen LogP contribution is 2.14. The first-order valence-corrected chi connectivity index (χ1v) is 6.74. The van der Waals surface area contributed by atoms with Crippen LogP contribution < -0.4 is 14.8 Å². The lowest BCUT2D eigenvalue weighted by Crippen LogP contribution is -2.12. The highest BCUT2D eigenvalue weighted by molar-refractivity contribution is 5.29. The van der Waals surface area contributed by atoms with E-state index in [-0.39, 0.29) is 6.61 Å². The lowest BCUT2D eigenvalue weighted by atomic mass is 10.2. The molecule has 0 heterocycles. The first-order valence-electron chi connectivity index (χ1n) is 6.74. The van der Waals surface area contributed by atoms with Crippen LogP contribution in [0.25, 0.3) is 0 Å². The molecule has 4 heteroatoms. The molecule has 21 heavy (non-hydrogen) atoms. The molecule has 2 aromatic rings. The minimum atomic E-state index is 0.0722. The van der Waals surface area contributed by atoms with Gasteiger partial charge in [-0.15, -0.1) is 0 Å². The Bertz CT molecular complexity index is 603. The second-order valence-corrected chi connectivity index (χ2v) is 4.55. The highest BCUT2D eigenvalue weighted by atomic mass is 16.5. The van der Waals surface area contributed by atoms with Crippen LogP contribution in [0, 0.1) is 11.3 Å². The number of methoxy groups -OCH3 is 1. The summed E-state index contributed by atoms with van der Waals surface area (Å²) < 4.78 is 10.4. The lowest BCUT2D eigenvalue weighted by Gasteiger charge is -2.08. The van der Waals surface area contributed by atoms with Crippen molar-refractivity contribution < 1.29 is 9.47 Å². The van der Waals surface area contributed by atoms with Crippen LogP contribution in [0.3, 0.4) is 0 Å². The largest absolute Gasteiger partial charge is 0.497 e. The number of benzene rings is 2. The van der Waals surface area contributed by atoms with E-state index in [1.54, 1.807) is 7.11 Å². The maximum absolute atomic E-state index is 8.51. The average Bonchev–Trinajstić information content (AvgIpc) is 2.54. The summed E-state index contributed by atoms with van der Waals surface area (Å²) in [5, 5.41) is 11.9. The van der Waals surface area contributed by atoms with E-state index in [9.17, 15) is 0 Å². The Hall–Kier alpha value is -2.51. The molecule has 0 aliphatic heterocycles. The van der Waals surface area contributed by atoms with E-state index >= 15 is 0 Å². The van der Waals surface area contributed by atoms with Crippen LogP contribution in [0.1, 0.15) is 11.1 Å². The maximum atomic E-state index is 8.51. The van der Waals surface area contributed by atoms with Gasteiger partial charge < -0.3 is 14.8 Å². The molecule has 0 saturated heterocycles. The van der Waals surface area contributed by atoms with Crippen molar-refractivity contribution in [1.29, 1.82) is 5.26 Å². The SMILES string of the molecule is COc1ccc(CNCc2cccc(OCC#N)c2)cc1. The molecule has 0 spiro atoms. The van der Waals surface area contributed by atoms with Crippen molar-refractivity contribution in [2.75, 3.05) is 13.7 Å². The van der Waals surface area contributed by atoms with Crippen LogP contribution >= 0.6 is 0 Å². The van der Waals surface area contributed by atoms with Crippen LogP contribution in [0.4, 0.5) is 0 Å². The first kappa shape index (κ1) is 14.9. The summed E-state index contributed by atoms with van der Waals surface area (Å²) in [7, 11) is 1.66. The minimum absolute atomic E-state index is 0.0722. The number of hydrogen-bond donors (Lipinski definition) is 1. The van der Waals surface area contributed by atoms with Gasteiger partial charge in [0, 0.05) is 13.1 Å². The molecular weight excluding hydrogens is 264 g/mol. The summed E-state index contributed by atoms with van der Waals surface area (Å²) in [4.78, 5) is 0. The van der Waals surface area contributed by atoms with Gasteiger partial charge in [-0.3, -0.25) is 0 Å². The van der Waals surface area contributed by atoms with E-state index in [1.165, 1.54) is 5.56 Å². The number of hydrogen-bond acceptors (Lipinski definition) is 4. The number of nitrogens with one attached hydrogen (secondary N) is 1. The summed E-state index contributed by atoms with van der Waals surface area (Å²) in [5.74, 6) is 1.58. The molecule has 108 valence electrons. The van der Waals surface area contributed by atoms with Crippen molar-refractivity contribution in [3.8, 4) is 17.6 Å². The third-order valence-electron chi connectivity index (χ3n) is 3.02. The number of rotatable bonds is 7. The molecule has 0 aromatic heterocycles. The molecule has 0 fully saturated rings. The molecule has 2 aromatic carbocycles. The third kappa shape index (κ3) is 4.83. The molecule has 0 aliphatic rings. The summed E-state index contributed by atoms with van der Waals surface area (Å²) in [6.45, 7) is 1.60. The molecule has 0 aliphatic carbocycles. The Kier molecular flexibility index (Phi) is 5.62. The smallest absolute Gasteiger partial charge is 0.174 e.